The summed E-state index contributed by atoms with van der Waals surface area (Å²) in [4.78, 5) is 8.31. The minimum absolute atomic E-state index is 0. The van der Waals surface area contributed by atoms with Crippen molar-refractivity contribution in [3.8, 4) is 34.0 Å². The van der Waals surface area contributed by atoms with Crippen LogP contribution in [0.1, 0.15) is 108 Å². The molecule has 0 N–H and O–H groups in total. The Labute approximate surface area is 408 Å². The molecule has 5 aromatic heterocycles. The number of para-hydroxylation sites is 2. The van der Waals surface area contributed by atoms with Crippen molar-refractivity contribution in [1.82, 2.24) is 29.3 Å². The number of fused-ring (bicyclic) bond motifs is 2. The van der Waals surface area contributed by atoms with Crippen LogP contribution in [0.25, 0.3) is 55.8 Å². The third kappa shape index (κ3) is 10.6. The first kappa shape index (κ1) is 49.7. The molecule has 2 unspecified atom stereocenters. The number of benzene rings is 4. The summed E-state index contributed by atoms with van der Waals surface area (Å²) in [5, 5.41) is 9.01. The topological polar surface area (TPSA) is 62.6 Å². The van der Waals surface area contributed by atoms with E-state index in [1.807, 2.05) is 12.1 Å². The molecule has 0 amide bonds. The SMILES string of the molecule is CCC(CC(C)c1cc(-n2cc(C(C)(C)C)c3ccccc32)cc(-n2cc(C(C)(C)C)c3ccccc32)c1)c1ccnc(-c2[c-]cc(F)cc2F)c1.FC(F)(F)c1cc(-c2ccccn2)[n-]n1.[Ir]. The van der Waals surface area contributed by atoms with Gasteiger partial charge in [0.2, 0.25) is 0 Å². The first-order chi connectivity index (χ1) is 31.8. The van der Waals surface area contributed by atoms with Crippen molar-refractivity contribution in [1.29, 1.82) is 0 Å². The number of hydrogen-bond acceptors (Lipinski definition) is 3. The Hall–Kier alpha value is -6.23. The van der Waals surface area contributed by atoms with Gasteiger partial charge in [-0.15, -0.1) is 12.1 Å². The molecule has 0 bridgehead atoms. The Morgan fingerprint density at radius 1 is 0.662 bits per heavy atom. The summed E-state index contributed by atoms with van der Waals surface area (Å²) in [6.45, 7) is 18.2. The van der Waals surface area contributed by atoms with Crippen LogP contribution in [0, 0.1) is 17.7 Å². The van der Waals surface area contributed by atoms with Crippen LogP contribution in [-0.2, 0) is 37.1 Å². The number of pyridine rings is 2. The van der Waals surface area contributed by atoms with E-state index in [1.165, 1.54) is 44.7 Å². The molecule has 0 saturated carbocycles. The van der Waals surface area contributed by atoms with Crippen LogP contribution < -0.4 is 5.10 Å². The van der Waals surface area contributed by atoms with Crippen molar-refractivity contribution < 1.29 is 42.1 Å². The van der Waals surface area contributed by atoms with E-state index in [0.29, 0.717) is 11.4 Å². The van der Waals surface area contributed by atoms with Crippen molar-refractivity contribution in [2.24, 2.45) is 0 Å². The summed E-state index contributed by atoms with van der Waals surface area (Å²) in [5.41, 5.74) is 9.72. The zero-order chi connectivity index (χ0) is 47.8. The van der Waals surface area contributed by atoms with Gasteiger partial charge in [-0.3, -0.25) is 13.8 Å². The minimum Gasteiger partial charge on any atom is -0.573 e. The largest absolute Gasteiger partial charge is 0.573 e. The van der Waals surface area contributed by atoms with Crippen molar-refractivity contribution in [2.75, 3.05) is 0 Å². The molecule has 0 fully saturated rings. The molecule has 0 aliphatic carbocycles. The number of hydrogen-bond donors (Lipinski definition) is 0. The maximum absolute atomic E-state index is 14.8. The second-order valence-corrected chi connectivity index (χ2v) is 19.2. The van der Waals surface area contributed by atoms with Crippen LogP contribution in [0.5, 0.6) is 0 Å². The predicted octanol–water partition coefficient (Wildman–Crippen LogP) is 15.1. The third-order valence-electron chi connectivity index (χ3n) is 12.3. The van der Waals surface area contributed by atoms with Crippen LogP contribution in [-0.4, -0.2) is 24.2 Å². The van der Waals surface area contributed by atoms with Gasteiger partial charge in [-0.05, 0) is 112 Å². The molecule has 0 spiro atoms. The number of alkyl halides is 3. The van der Waals surface area contributed by atoms with Gasteiger partial charge in [0.25, 0.3) is 0 Å². The Morgan fingerprint density at radius 2 is 1.24 bits per heavy atom. The summed E-state index contributed by atoms with van der Waals surface area (Å²) >= 11 is 0. The van der Waals surface area contributed by atoms with E-state index < -0.39 is 23.5 Å². The zero-order valence-corrected chi connectivity index (χ0v) is 41.6. The van der Waals surface area contributed by atoms with Gasteiger partial charge < -0.3 is 24.3 Å². The summed E-state index contributed by atoms with van der Waals surface area (Å²) < 4.78 is 69.7. The molecule has 0 aliphatic rings. The molecule has 9 rings (SSSR count). The second kappa shape index (κ2) is 19.8. The van der Waals surface area contributed by atoms with Crippen molar-refractivity contribution in [2.45, 2.75) is 97.1 Å². The molecular weight excluding hydrogens is 1040 g/mol. The van der Waals surface area contributed by atoms with Crippen molar-refractivity contribution in [3.63, 3.8) is 0 Å². The van der Waals surface area contributed by atoms with Gasteiger partial charge in [-0.1, -0.05) is 127 Å². The number of rotatable bonds is 9. The quantitative estimate of drug-likeness (QED) is 0.107. The maximum Gasteiger partial charge on any atom is 0.431 e. The van der Waals surface area contributed by atoms with Crippen molar-refractivity contribution >= 4 is 21.8 Å². The molecule has 0 saturated heterocycles. The third-order valence-corrected chi connectivity index (χ3v) is 12.3. The molecular formula is C56H53F5IrN6-2. The second-order valence-electron chi connectivity index (χ2n) is 19.2. The van der Waals surface area contributed by atoms with Crippen LogP contribution in [0.2, 0.25) is 0 Å². The van der Waals surface area contributed by atoms with E-state index in [2.05, 4.69) is 170 Å². The summed E-state index contributed by atoms with van der Waals surface area (Å²) in [6, 6.07) is 39.0. The fourth-order valence-electron chi connectivity index (χ4n) is 8.82. The van der Waals surface area contributed by atoms with E-state index in [1.54, 1.807) is 24.4 Å². The molecule has 9 aromatic rings. The Kier molecular flexibility index (Phi) is 14.4. The van der Waals surface area contributed by atoms with Crippen LogP contribution >= 0.6 is 0 Å². The van der Waals surface area contributed by atoms with Crippen LogP contribution in [0.3, 0.4) is 0 Å². The Balaban J connectivity index is 0.000000363. The number of aromatic nitrogens is 6. The molecule has 353 valence electrons. The smallest absolute Gasteiger partial charge is 0.431 e. The van der Waals surface area contributed by atoms with Gasteiger partial charge >= 0.3 is 6.18 Å². The average Bonchev–Trinajstić information content (AvgIpc) is 4.06. The van der Waals surface area contributed by atoms with Gasteiger partial charge in [0.05, 0.1) is 11.0 Å². The van der Waals surface area contributed by atoms with E-state index >= 15 is 0 Å². The minimum atomic E-state index is -4.46. The average molecular weight is 1100 g/mol. The first-order valence-corrected chi connectivity index (χ1v) is 22.5. The van der Waals surface area contributed by atoms with Crippen molar-refractivity contribution in [3.05, 3.63) is 186 Å². The standard InChI is InChI=1S/C47H48F2N3.C9H5F3N3.Ir/c1-9-31(32-20-21-50-43(25-32)39-19-18-34(48)26-42(39)49)22-30(2)33-23-35(51-28-40(46(3,4)5)37-14-10-12-16-44(37)51)27-36(24-33)52-29-41(47(6,7)8)38-15-11-13-17-45(38)52;10-9(11,12)8-5-7(14-15-8)6-3-1-2-4-13-6;/h10-18,20-21,23-31H,9,22H2,1-8H3;1-5H;/q2*-1;. The van der Waals surface area contributed by atoms with Gasteiger partial charge in [-0.25, -0.2) is 0 Å². The maximum atomic E-state index is 14.8. The summed E-state index contributed by atoms with van der Waals surface area (Å²) in [5.74, 6) is -0.909. The van der Waals surface area contributed by atoms with Gasteiger partial charge in [-0.2, -0.15) is 13.2 Å². The van der Waals surface area contributed by atoms with Gasteiger partial charge in [0.1, 0.15) is 5.69 Å². The van der Waals surface area contributed by atoms with Gasteiger partial charge in [0.15, 0.2) is 0 Å². The monoisotopic (exact) mass is 1100 g/mol. The Bertz CT molecular complexity index is 3060. The predicted molar refractivity (Wildman–Crippen MR) is 258 cm³/mol. The molecule has 1 radical (unpaired) electrons. The normalized spacial score (nSPS) is 13.0. The molecule has 12 heteroatoms. The number of nitrogens with zero attached hydrogens (tertiary/aromatic N) is 6. The van der Waals surface area contributed by atoms with E-state index in [9.17, 15) is 22.0 Å². The molecule has 4 aromatic carbocycles. The summed E-state index contributed by atoms with van der Waals surface area (Å²) in [7, 11) is 0. The zero-order valence-electron chi connectivity index (χ0n) is 39.3. The fourth-order valence-corrected chi connectivity index (χ4v) is 8.82. The number of halogens is 5. The van der Waals surface area contributed by atoms with E-state index in [0.717, 1.165) is 48.0 Å². The Morgan fingerprint density at radius 3 is 1.75 bits per heavy atom. The summed E-state index contributed by atoms with van der Waals surface area (Å²) in [6.07, 6.45) is 5.19. The van der Waals surface area contributed by atoms with E-state index in [4.69, 9.17) is 0 Å². The fraction of sp³-hybridized carbons (Fsp3) is 0.268. The molecule has 2 atom stereocenters. The van der Waals surface area contributed by atoms with Gasteiger partial charge in [0, 0.05) is 84.4 Å². The molecule has 6 nitrogen and oxygen atoms in total. The molecule has 0 aliphatic heterocycles. The molecule has 5 heterocycles. The molecule has 68 heavy (non-hydrogen) atoms. The van der Waals surface area contributed by atoms with E-state index in [-0.39, 0.29) is 54.0 Å². The first-order valence-electron chi connectivity index (χ1n) is 22.5. The van der Waals surface area contributed by atoms with Crippen LogP contribution in [0.15, 0.2) is 140 Å². The van der Waals surface area contributed by atoms with Crippen LogP contribution in [0.4, 0.5) is 22.0 Å².